The minimum Gasteiger partial charge on any atom is -0.491 e. The number of rotatable bonds is 7. The minimum atomic E-state index is -1.10. The van der Waals surface area contributed by atoms with Crippen molar-refractivity contribution in [1.82, 2.24) is 0 Å². The van der Waals surface area contributed by atoms with Crippen LogP contribution in [-0.2, 0) is 14.3 Å². The first kappa shape index (κ1) is 20.4. The van der Waals surface area contributed by atoms with Gasteiger partial charge in [0.15, 0.2) is 0 Å². The van der Waals surface area contributed by atoms with Crippen LogP contribution in [-0.4, -0.2) is 31.0 Å². The third kappa shape index (κ3) is 4.74. The highest BCUT2D eigenvalue weighted by atomic mass is 16.5. The molecule has 7 nitrogen and oxygen atoms in total. The SMILES string of the molecule is COC(=O)c1cccc(NC(=O)C2(C(=O)Nc3ccc(OC(C)C)cc3)CC2)c1. The Bertz CT molecular complexity index is 917. The highest BCUT2D eigenvalue weighted by molar-refractivity contribution is 6.17. The Kier molecular flexibility index (Phi) is 5.87. The summed E-state index contributed by atoms with van der Waals surface area (Å²) in [6, 6.07) is 13.4. The summed E-state index contributed by atoms with van der Waals surface area (Å²) in [6.45, 7) is 3.87. The van der Waals surface area contributed by atoms with Gasteiger partial charge in [-0.25, -0.2) is 4.79 Å². The predicted molar refractivity (Wildman–Crippen MR) is 109 cm³/mol. The Hall–Kier alpha value is -3.35. The molecule has 7 heteroatoms. The number of anilines is 2. The zero-order valence-electron chi connectivity index (χ0n) is 16.7. The largest absolute Gasteiger partial charge is 0.491 e. The summed E-state index contributed by atoms with van der Waals surface area (Å²) in [4.78, 5) is 37.1. The molecule has 0 atom stereocenters. The first-order chi connectivity index (χ1) is 13.8. The van der Waals surface area contributed by atoms with Crippen LogP contribution >= 0.6 is 0 Å². The monoisotopic (exact) mass is 396 g/mol. The summed E-state index contributed by atoms with van der Waals surface area (Å²) >= 11 is 0. The number of carbonyl (C=O) groups is 3. The second-order valence-corrected chi connectivity index (χ2v) is 7.25. The van der Waals surface area contributed by atoms with Gasteiger partial charge in [0, 0.05) is 11.4 Å². The Balaban J connectivity index is 1.65. The van der Waals surface area contributed by atoms with E-state index in [-0.39, 0.29) is 12.0 Å². The molecule has 0 aromatic heterocycles. The van der Waals surface area contributed by atoms with Crippen molar-refractivity contribution in [2.24, 2.45) is 5.41 Å². The first-order valence-corrected chi connectivity index (χ1v) is 9.42. The van der Waals surface area contributed by atoms with E-state index in [0.29, 0.717) is 35.5 Å². The van der Waals surface area contributed by atoms with Crippen LogP contribution in [0.5, 0.6) is 5.75 Å². The number of esters is 1. The molecule has 2 N–H and O–H groups in total. The van der Waals surface area contributed by atoms with Crippen LogP contribution in [0.2, 0.25) is 0 Å². The summed E-state index contributed by atoms with van der Waals surface area (Å²) in [5, 5.41) is 5.54. The van der Waals surface area contributed by atoms with Crippen LogP contribution < -0.4 is 15.4 Å². The summed E-state index contributed by atoms with van der Waals surface area (Å²) < 4.78 is 10.3. The van der Waals surface area contributed by atoms with E-state index in [1.807, 2.05) is 13.8 Å². The van der Waals surface area contributed by atoms with Crippen molar-refractivity contribution in [3.63, 3.8) is 0 Å². The molecule has 1 saturated carbocycles. The van der Waals surface area contributed by atoms with E-state index in [4.69, 9.17) is 4.74 Å². The molecule has 2 amide bonds. The normalized spacial score (nSPS) is 14.1. The van der Waals surface area contributed by atoms with Crippen molar-refractivity contribution in [3.05, 3.63) is 54.1 Å². The Labute approximate surface area is 169 Å². The third-order valence-corrected chi connectivity index (χ3v) is 4.64. The molecule has 1 aliphatic carbocycles. The van der Waals surface area contributed by atoms with Crippen molar-refractivity contribution >= 4 is 29.2 Å². The zero-order chi connectivity index (χ0) is 21.0. The number of benzene rings is 2. The van der Waals surface area contributed by atoms with Gasteiger partial charge in [0.25, 0.3) is 0 Å². The fourth-order valence-electron chi connectivity index (χ4n) is 2.91. The molecule has 1 aliphatic rings. The van der Waals surface area contributed by atoms with Gasteiger partial charge in [0.1, 0.15) is 11.2 Å². The van der Waals surface area contributed by atoms with Crippen molar-refractivity contribution in [2.45, 2.75) is 32.8 Å². The molecule has 0 bridgehead atoms. The van der Waals surface area contributed by atoms with E-state index in [9.17, 15) is 14.4 Å². The average Bonchev–Trinajstić information content (AvgIpc) is 3.51. The van der Waals surface area contributed by atoms with Crippen molar-refractivity contribution in [2.75, 3.05) is 17.7 Å². The maximum absolute atomic E-state index is 12.7. The molecule has 0 saturated heterocycles. The molecule has 0 aliphatic heterocycles. The van der Waals surface area contributed by atoms with Gasteiger partial charge in [-0.2, -0.15) is 0 Å². The second-order valence-electron chi connectivity index (χ2n) is 7.25. The molecular weight excluding hydrogens is 372 g/mol. The molecule has 0 radical (unpaired) electrons. The van der Waals surface area contributed by atoms with Crippen LogP contribution in [0.4, 0.5) is 11.4 Å². The smallest absolute Gasteiger partial charge is 0.337 e. The van der Waals surface area contributed by atoms with E-state index in [1.54, 1.807) is 42.5 Å². The van der Waals surface area contributed by atoms with Crippen LogP contribution in [0.15, 0.2) is 48.5 Å². The molecule has 0 unspecified atom stereocenters. The average molecular weight is 396 g/mol. The summed E-state index contributed by atoms with van der Waals surface area (Å²) in [5.41, 5.74) is 0.252. The fraction of sp³-hybridized carbons (Fsp3) is 0.318. The molecule has 2 aromatic carbocycles. The van der Waals surface area contributed by atoms with Crippen LogP contribution in [0.25, 0.3) is 0 Å². The Morgan fingerprint density at radius 1 is 0.931 bits per heavy atom. The summed E-state index contributed by atoms with van der Waals surface area (Å²) in [6.07, 6.45) is 0.998. The first-order valence-electron chi connectivity index (χ1n) is 9.42. The van der Waals surface area contributed by atoms with Crippen molar-refractivity contribution in [1.29, 1.82) is 0 Å². The number of nitrogens with one attached hydrogen (secondary N) is 2. The highest BCUT2D eigenvalue weighted by Crippen LogP contribution is 2.47. The summed E-state index contributed by atoms with van der Waals surface area (Å²) in [7, 11) is 1.29. The molecule has 3 rings (SSSR count). The minimum absolute atomic E-state index is 0.0616. The molecule has 0 spiro atoms. The van der Waals surface area contributed by atoms with E-state index in [1.165, 1.54) is 13.2 Å². The lowest BCUT2D eigenvalue weighted by Gasteiger charge is -2.16. The topological polar surface area (TPSA) is 93.7 Å². The summed E-state index contributed by atoms with van der Waals surface area (Å²) in [5.74, 6) is -0.527. The van der Waals surface area contributed by atoms with Crippen LogP contribution in [0, 0.1) is 5.41 Å². The van der Waals surface area contributed by atoms with Crippen molar-refractivity contribution < 1.29 is 23.9 Å². The van der Waals surface area contributed by atoms with E-state index in [0.717, 1.165) is 0 Å². The highest BCUT2D eigenvalue weighted by Gasteiger charge is 2.56. The number of hydrogen-bond donors (Lipinski definition) is 2. The number of hydrogen-bond acceptors (Lipinski definition) is 5. The lowest BCUT2D eigenvalue weighted by atomic mass is 10.0. The number of carbonyl (C=O) groups excluding carboxylic acids is 3. The van der Waals surface area contributed by atoms with Gasteiger partial charge in [-0.05, 0) is 69.2 Å². The Morgan fingerprint density at radius 2 is 1.55 bits per heavy atom. The zero-order valence-corrected chi connectivity index (χ0v) is 16.7. The Morgan fingerprint density at radius 3 is 2.10 bits per heavy atom. The number of methoxy groups -OCH3 is 1. The quantitative estimate of drug-likeness (QED) is 0.551. The number of amides is 2. The van der Waals surface area contributed by atoms with Gasteiger partial charge in [0.05, 0.1) is 18.8 Å². The molecule has 1 fully saturated rings. The van der Waals surface area contributed by atoms with Crippen LogP contribution in [0.1, 0.15) is 37.0 Å². The van der Waals surface area contributed by atoms with Gasteiger partial charge in [0.2, 0.25) is 11.8 Å². The standard InChI is InChI=1S/C22H24N2O5/c1-14(2)29-18-9-7-16(8-10-18)23-20(26)22(11-12-22)21(27)24-17-6-4-5-15(13-17)19(25)28-3/h4-10,13-14H,11-12H2,1-3H3,(H,23,26)(H,24,27). The van der Waals surface area contributed by atoms with E-state index >= 15 is 0 Å². The maximum Gasteiger partial charge on any atom is 0.337 e. The lowest BCUT2D eigenvalue weighted by Crippen LogP contribution is -2.35. The second kappa shape index (κ2) is 8.34. The molecule has 152 valence electrons. The van der Waals surface area contributed by atoms with Gasteiger partial charge < -0.3 is 20.1 Å². The van der Waals surface area contributed by atoms with Gasteiger partial charge in [-0.15, -0.1) is 0 Å². The predicted octanol–water partition coefficient (Wildman–Crippen LogP) is 3.62. The molecule has 2 aromatic rings. The number of ether oxygens (including phenoxy) is 2. The van der Waals surface area contributed by atoms with E-state index < -0.39 is 17.3 Å². The molecule has 0 heterocycles. The third-order valence-electron chi connectivity index (χ3n) is 4.64. The fourth-order valence-corrected chi connectivity index (χ4v) is 2.91. The van der Waals surface area contributed by atoms with Gasteiger partial charge in [-0.1, -0.05) is 6.07 Å². The van der Waals surface area contributed by atoms with Gasteiger partial charge >= 0.3 is 5.97 Å². The van der Waals surface area contributed by atoms with Crippen LogP contribution in [0.3, 0.4) is 0 Å². The van der Waals surface area contributed by atoms with Gasteiger partial charge in [-0.3, -0.25) is 9.59 Å². The molecule has 29 heavy (non-hydrogen) atoms. The van der Waals surface area contributed by atoms with Crippen molar-refractivity contribution in [3.8, 4) is 5.75 Å². The van der Waals surface area contributed by atoms with E-state index in [2.05, 4.69) is 15.4 Å². The molecular formula is C22H24N2O5. The lowest BCUT2D eigenvalue weighted by molar-refractivity contribution is -0.131. The maximum atomic E-state index is 12.7.